The Morgan fingerprint density at radius 2 is 1.88 bits per heavy atom. The van der Waals surface area contributed by atoms with Crippen molar-refractivity contribution in [2.45, 2.75) is 44.2 Å². The second kappa shape index (κ2) is 10.7. The molecule has 1 atom stereocenters. The van der Waals surface area contributed by atoms with Crippen LogP contribution in [0.15, 0.2) is 59.3 Å². The van der Waals surface area contributed by atoms with Crippen LogP contribution in [0.5, 0.6) is 0 Å². The van der Waals surface area contributed by atoms with Gasteiger partial charge in [-0.05, 0) is 50.5 Å². The van der Waals surface area contributed by atoms with Crippen LogP contribution in [0.25, 0.3) is 11.5 Å². The van der Waals surface area contributed by atoms with E-state index in [0.717, 1.165) is 24.0 Å². The van der Waals surface area contributed by atoms with Gasteiger partial charge in [0.05, 0.1) is 18.2 Å². The van der Waals surface area contributed by atoms with Crippen LogP contribution in [0.3, 0.4) is 0 Å². The third kappa shape index (κ3) is 5.13. The van der Waals surface area contributed by atoms with Crippen LogP contribution in [0.4, 0.5) is 17.5 Å². The number of nitrogens with zero attached hydrogens (tertiary/aromatic N) is 4. The standard InChI is InChI=1S/C29H30N6O5/c1-29(2)22-14-19(8-9-20(22)27(37)39-29)31-28-30-15-21(26-33-24(35-40-26)18-10-12-38-13-11-18)25(34-28)32-23(16-36)17-6-4-3-5-7-17/h3-9,14-15,18,23,36H,10-13,16H2,1-2H3,(H2,30,31,32,34). The van der Waals surface area contributed by atoms with E-state index in [1.165, 1.54) is 0 Å². The number of hydrogen-bond acceptors (Lipinski definition) is 11. The lowest BCUT2D eigenvalue weighted by Crippen LogP contribution is -2.17. The van der Waals surface area contributed by atoms with Crippen molar-refractivity contribution in [2.75, 3.05) is 30.5 Å². The predicted molar refractivity (Wildman–Crippen MR) is 146 cm³/mol. The number of fused-ring (bicyclic) bond motifs is 1. The molecule has 0 amide bonds. The van der Waals surface area contributed by atoms with Gasteiger partial charge in [0, 0.05) is 36.6 Å². The van der Waals surface area contributed by atoms with Crippen molar-refractivity contribution in [3.8, 4) is 11.5 Å². The molecule has 6 rings (SSSR count). The Morgan fingerprint density at radius 3 is 2.65 bits per heavy atom. The smallest absolute Gasteiger partial charge is 0.339 e. The molecule has 0 spiro atoms. The number of carbonyl (C=O) groups excluding carboxylic acids is 1. The number of aliphatic hydroxyl groups excluding tert-OH is 1. The van der Waals surface area contributed by atoms with Gasteiger partial charge in [0.1, 0.15) is 17.0 Å². The van der Waals surface area contributed by atoms with Crippen LogP contribution in [-0.2, 0) is 15.1 Å². The summed E-state index contributed by atoms with van der Waals surface area (Å²) in [7, 11) is 0. The van der Waals surface area contributed by atoms with Crippen LogP contribution in [0, 0.1) is 0 Å². The minimum absolute atomic E-state index is 0.165. The lowest BCUT2D eigenvalue weighted by atomic mass is 9.95. The molecule has 0 bridgehead atoms. The van der Waals surface area contributed by atoms with E-state index in [4.69, 9.17) is 19.0 Å². The number of benzene rings is 2. The first kappa shape index (κ1) is 25.9. The first-order valence-corrected chi connectivity index (χ1v) is 13.3. The zero-order valence-corrected chi connectivity index (χ0v) is 22.3. The molecule has 2 aromatic carbocycles. The van der Waals surface area contributed by atoms with Gasteiger partial charge in [0.2, 0.25) is 5.95 Å². The second-order valence-corrected chi connectivity index (χ2v) is 10.4. The Bertz CT molecular complexity index is 1520. The Balaban J connectivity index is 1.34. The van der Waals surface area contributed by atoms with E-state index in [-0.39, 0.29) is 24.4 Å². The van der Waals surface area contributed by atoms with E-state index in [2.05, 4.69) is 25.8 Å². The maximum atomic E-state index is 12.2. The number of aromatic nitrogens is 4. The highest BCUT2D eigenvalue weighted by Gasteiger charge is 2.37. The maximum absolute atomic E-state index is 12.2. The third-order valence-corrected chi connectivity index (χ3v) is 7.23. The van der Waals surface area contributed by atoms with Gasteiger partial charge in [-0.2, -0.15) is 9.97 Å². The number of carbonyl (C=O) groups is 1. The summed E-state index contributed by atoms with van der Waals surface area (Å²) in [6, 6.07) is 14.5. The second-order valence-electron chi connectivity index (χ2n) is 10.4. The van der Waals surface area contributed by atoms with E-state index in [1.807, 2.05) is 50.2 Å². The number of nitrogens with one attached hydrogen (secondary N) is 2. The number of hydrogen-bond donors (Lipinski definition) is 3. The van der Waals surface area contributed by atoms with Crippen LogP contribution in [0.1, 0.15) is 66.0 Å². The molecule has 2 aromatic heterocycles. The van der Waals surface area contributed by atoms with Gasteiger partial charge in [-0.25, -0.2) is 9.78 Å². The summed E-state index contributed by atoms with van der Waals surface area (Å²) in [6.45, 7) is 4.87. The molecule has 11 nitrogen and oxygen atoms in total. The molecule has 4 aromatic rings. The molecule has 1 saturated heterocycles. The van der Waals surface area contributed by atoms with E-state index in [9.17, 15) is 9.90 Å². The third-order valence-electron chi connectivity index (χ3n) is 7.23. The fourth-order valence-electron chi connectivity index (χ4n) is 5.03. The molecule has 0 radical (unpaired) electrons. The number of ether oxygens (including phenoxy) is 2. The number of cyclic esters (lactones) is 1. The number of anilines is 3. The topological polar surface area (TPSA) is 145 Å². The van der Waals surface area contributed by atoms with Gasteiger partial charge < -0.3 is 29.7 Å². The van der Waals surface area contributed by atoms with Crippen LogP contribution >= 0.6 is 0 Å². The molecular weight excluding hydrogens is 512 g/mol. The fourth-order valence-corrected chi connectivity index (χ4v) is 5.03. The average molecular weight is 543 g/mol. The molecule has 0 saturated carbocycles. The zero-order chi connectivity index (χ0) is 27.7. The minimum Gasteiger partial charge on any atom is -0.451 e. The Hall–Kier alpha value is -4.35. The number of aliphatic hydroxyl groups is 1. The summed E-state index contributed by atoms with van der Waals surface area (Å²) in [6.07, 6.45) is 3.28. The van der Waals surface area contributed by atoms with E-state index in [1.54, 1.807) is 18.3 Å². The predicted octanol–water partition coefficient (Wildman–Crippen LogP) is 4.72. The first-order valence-electron chi connectivity index (χ1n) is 13.3. The Kier molecular flexibility index (Phi) is 6.91. The quantitative estimate of drug-likeness (QED) is 0.266. The summed E-state index contributed by atoms with van der Waals surface area (Å²) in [5, 5.41) is 21.0. The minimum atomic E-state index is -0.730. The molecular formula is C29H30N6O5. The Labute approximate surface area is 231 Å². The van der Waals surface area contributed by atoms with Crippen molar-refractivity contribution in [2.24, 2.45) is 0 Å². The molecule has 206 valence electrons. The highest BCUT2D eigenvalue weighted by molar-refractivity contribution is 5.95. The molecule has 2 aliphatic rings. The van der Waals surface area contributed by atoms with Crippen LogP contribution in [-0.4, -0.2) is 51.0 Å². The van der Waals surface area contributed by atoms with Gasteiger partial charge in [-0.3, -0.25) is 0 Å². The summed E-state index contributed by atoms with van der Waals surface area (Å²) in [5.41, 5.74) is 2.70. The van der Waals surface area contributed by atoms with Crippen molar-refractivity contribution < 1.29 is 23.9 Å². The summed E-state index contributed by atoms with van der Waals surface area (Å²) in [4.78, 5) is 26.1. The summed E-state index contributed by atoms with van der Waals surface area (Å²) >= 11 is 0. The molecule has 1 unspecified atom stereocenters. The van der Waals surface area contributed by atoms with Crippen LogP contribution < -0.4 is 10.6 Å². The van der Waals surface area contributed by atoms with Gasteiger partial charge in [-0.1, -0.05) is 35.5 Å². The van der Waals surface area contributed by atoms with Crippen molar-refractivity contribution >= 4 is 23.4 Å². The fraction of sp³-hybridized carbons (Fsp3) is 0.345. The SMILES string of the molecule is CC1(C)OC(=O)c2ccc(Nc3ncc(-c4nc(C5CCOCC5)no4)c(NC(CO)c4ccccc4)n3)cc21. The summed E-state index contributed by atoms with van der Waals surface area (Å²) < 4.78 is 16.6. The lowest BCUT2D eigenvalue weighted by Gasteiger charge is -2.20. The normalized spacial score (nSPS) is 17.2. The molecule has 1 fully saturated rings. The van der Waals surface area contributed by atoms with E-state index >= 15 is 0 Å². The average Bonchev–Trinajstić information content (AvgIpc) is 3.55. The first-order chi connectivity index (χ1) is 19.4. The number of esters is 1. The highest BCUT2D eigenvalue weighted by atomic mass is 16.6. The van der Waals surface area contributed by atoms with Gasteiger partial charge in [-0.15, -0.1) is 0 Å². The lowest BCUT2D eigenvalue weighted by molar-refractivity contribution is 0.00954. The van der Waals surface area contributed by atoms with E-state index < -0.39 is 11.6 Å². The van der Waals surface area contributed by atoms with Crippen molar-refractivity contribution in [3.05, 3.63) is 77.2 Å². The molecule has 2 aliphatic heterocycles. The van der Waals surface area contributed by atoms with Gasteiger partial charge in [0.25, 0.3) is 5.89 Å². The highest BCUT2D eigenvalue weighted by Crippen LogP contribution is 2.38. The van der Waals surface area contributed by atoms with Gasteiger partial charge >= 0.3 is 5.97 Å². The maximum Gasteiger partial charge on any atom is 0.339 e. The molecule has 11 heteroatoms. The van der Waals surface area contributed by atoms with Crippen molar-refractivity contribution in [1.29, 1.82) is 0 Å². The largest absolute Gasteiger partial charge is 0.451 e. The molecule has 0 aliphatic carbocycles. The Morgan fingerprint density at radius 1 is 1.07 bits per heavy atom. The molecule has 3 N–H and O–H groups in total. The van der Waals surface area contributed by atoms with E-state index in [0.29, 0.717) is 47.6 Å². The number of rotatable bonds is 8. The monoisotopic (exact) mass is 542 g/mol. The molecule has 40 heavy (non-hydrogen) atoms. The van der Waals surface area contributed by atoms with Crippen molar-refractivity contribution in [3.63, 3.8) is 0 Å². The summed E-state index contributed by atoms with van der Waals surface area (Å²) in [5.74, 6) is 1.47. The zero-order valence-electron chi connectivity index (χ0n) is 22.3. The van der Waals surface area contributed by atoms with Gasteiger partial charge in [0.15, 0.2) is 5.82 Å². The molecule has 4 heterocycles. The van der Waals surface area contributed by atoms with Crippen molar-refractivity contribution in [1.82, 2.24) is 20.1 Å². The van der Waals surface area contributed by atoms with Crippen LogP contribution in [0.2, 0.25) is 0 Å².